The van der Waals surface area contributed by atoms with Gasteiger partial charge >= 0.3 is 18.4 Å². The fourth-order valence-corrected chi connectivity index (χ4v) is 5.38. The molecule has 1 N–H and O–H groups in total. The lowest BCUT2D eigenvalue weighted by Crippen LogP contribution is -2.64. The van der Waals surface area contributed by atoms with Crippen LogP contribution in [0.3, 0.4) is 0 Å². The summed E-state index contributed by atoms with van der Waals surface area (Å²) in [6, 6.07) is 9.97. The molecule has 7 nitrogen and oxygen atoms in total. The van der Waals surface area contributed by atoms with Gasteiger partial charge in [-0.15, -0.1) is 0 Å². The Morgan fingerprint density at radius 3 is 2.10 bits per heavy atom. The predicted octanol–water partition coefficient (Wildman–Crippen LogP) is 5.91. The zero-order valence-corrected chi connectivity index (χ0v) is 22.7. The minimum atomic E-state index is -4.99. The number of alkyl halides is 6. The number of aromatic nitrogens is 2. The number of anilines is 1. The first kappa shape index (κ1) is 29.2. The topological polar surface area (TPSA) is 56.6 Å². The largest absolute Gasteiger partial charge is 0.416 e. The molecule has 2 saturated heterocycles. The van der Waals surface area contributed by atoms with Crippen LogP contribution in [0.15, 0.2) is 48.5 Å². The molecule has 0 aliphatic carbocycles. The lowest BCUT2D eigenvalue weighted by molar-refractivity contribution is -0.143. The molecule has 14 heteroatoms. The van der Waals surface area contributed by atoms with Gasteiger partial charge in [0, 0.05) is 63.1 Å². The lowest BCUT2D eigenvalue weighted by atomic mass is 10.1. The number of likely N-dealkylation sites (tertiary alicyclic amines) is 1. The first-order chi connectivity index (χ1) is 19.3. The van der Waals surface area contributed by atoms with E-state index in [4.69, 9.17) is 11.6 Å². The maximum absolute atomic E-state index is 13.1. The zero-order valence-electron chi connectivity index (χ0n) is 21.9. The van der Waals surface area contributed by atoms with Gasteiger partial charge in [0.05, 0.1) is 22.5 Å². The molecule has 5 rings (SSSR count). The third kappa shape index (κ3) is 6.47. The summed E-state index contributed by atoms with van der Waals surface area (Å²) >= 11 is 6.67. The molecule has 0 radical (unpaired) electrons. The van der Waals surface area contributed by atoms with Gasteiger partial charge in [-0.3, -0.25) is 9.80 Å². The second-order valence-corrected chi connectivity index (χ2v) is 10.6. The van der Waals surface area contributed by atoms with Crippen molar-refractivity contribution >= 4 is 23.3 Å². The second kappa shape index (κ2) is 11.2. The molecule has 41 heavy (non-hydrogen) atoms. The first-order valence-electron chi connectivity index (χ1n) is 12.9. The van der Waals surface area contributed by atoms with Gasteiger partial charge in [-0.2, -0.15) is 31.4 Å². The molecule has 0 unspecified atom stereocenters. The Labute approximate surface area is 237 Å². The number of halogens is 7. The van der Waals surface area contributed by atoms with E-state index in [0.29, 0.717) is 36.9 Å². The number of hydrogen-bond acceptors (Lipinski definition) is 4. The lowest BCUT2D eigenvalue weighted by Gasteiger charge is -2.48. The molecular weight excluding hydrogens is 574 g/mol. The fourth-order valence-electron chi connectivity index (χ4n) is 5.04. The van der Waals surface area contributed by atoms with Crippen molar-refractivity contribution in [2.75, 3.05) is 44.6 Å². The summed E-state index contributed by atoms with van der Waals surface area (Å²) in [4.78, 5) is 18.4. The van der Waals surface area contributed by atoms with Crippen molar-refractivity contribution < 1.29 is 31.1 Å². The number of carbonyl (C=O) groups excluding carboxylic acids is 1. The highest BCUT2D eigenvalue weighted by molar-refractivity contribution is 6.30. The van der Waals surface area contributed by atoms with Crippen LogP contribution in [0.25, 0.3) is 5.69 Å². The van der Waals surface area contributed by atoms with Crippen molar-refractivity contribution in [3.8, 4) is 5.69 Å². The van der Waals surface area contributed by atoms with Gasteiger partial charge in [-0.05, 0) is 37.3 Å². The number of benzene rings is 2. The van der Waals surface area contributed by atoms with Crippen LogP contribution >= 0.6 is 11.6 Å². The molecule has 3 heterocycles. The number of piperazine rings is 1. The Balaban J connectivity index is 1.13. The van der Waals surface area contributed by atoms with E-state index in [1.807, 2.05) is 37.3 Å². The van der Waals surface area contributed by atoms with Gasteiger partial charge in [-0.1, -0.05) is 29.8 Å². The summed E-state index contributed by atoms with van der Waals surface area (Å²) in [7, 11) is 0. The van der Waals surface area contributed by atoms with Crippen LogP contribution in [0.5, 0.6) is 0 Å². The van der Waals surface area contributed by atoms with Gasteiger partial charge < -0.3 is 10.2 Å². The summed E-state index contributed by atoms with van der Waals surface area (Å²) in [6.07, 6.45) is -9.98. The van der Waals surface area contributed by atoms with Gasteiger partial charge in [0.15, 0.2) is 0 Å². The van der Waals surface area contributed by atoms with Crippen LogP contribution in [0.2, 0.25) is 5.15 Å². The average molecular weight is 601 g/mol. The van der Waals surface area contributed by atoms with Gasteiger partial charge in [0.1, 0.15) is 5.15 Å². The summed E-state index contributed by atoms with van der Waals surface area (Å²) in [5.41, 5.74) is -0.830. The molecule has 0 atom stereocenters. The number of para-hydroxylation sites is 1. The maximum Gasteiger partial charge on any atom is 0.416 e. The van der Waals surface area contributed by atoms with E-state index in [2.05, 4.69) is 20.2 Å². The number of aryl methyl sites for hydroxylation is 1. The number of nitrogens with one attached hydrogen (secondary N) is 1. The molecule has 2 aromatic carbocycles. The third-order valence-corrected chi connectivity index (χ3v) is 7.80. The number of nitrogens with zero attached hydrogens (tertiary/aromatic N) is 5. The maximum atomic E-state index is 13.1. The van der Waals surface area contributed by atoms with Crippen molar-refractivity contribution in [1.82, 2.24) is 24.5 Å². The number of amides is 2. The average Bonchev–Trinajstić information content (AvgIpc) is 3.16. The Kier molecular flexibility index (Phi) is 7.96. The highest BCUT2D eigenvalue weighted by atomic mass is 35.5. The van der Waals surface area contributed by atoms with E-state index in [0.717, 1.165) is 43.1 Å². The van der Waals surface area contributed by atoms with E-state index in [9.17, 15) is 31.1 Å². The molecule has 0 spiro atoms. The highest BCUT2D eigenvalue weighted by Crippen LogP contribution is 2.37. The Morgan fingerprint density at radius 1 is 0.951 bits per heavy atom. The van der Waals surface area contributed by atoms with Crippen molar-refractivity contribution in [3.05, 3.63) is 76.1 Å². The van der Waals surface area contributed by atoms with Gasteiger partial charge in [0.2, 0.25) is 0 Å². The monoisotopic (exact) mass is 600 g/mol. The van der Waals surface area contributed by atoms with E-state index in [-0.39, 0.29) is 12.1 Å². The Hall–Kier alpha value is -3.29. The van der Waals surface area contributed by atoms with Crippen molar-refractivity contribution in [2.24, 2.45) is 0 Å². The van der Waals surface area contributed by atoms with Crippen LogP contribution < -0.4 is 5.32 Å². The Bertz CT molecular complexity index is 1360. The summed E-state index contributed by atoms with van der Waals surface area (Å²) in [5.74, 6) is 0. The number of rotatable bonds is 5. The van der Waals surface area contributed by atoms with Gasteiger partial charge in [-0.25, -0.2) is 9.48 Å². The summed E-state index contributed by atoms with van der Waals surface area (Å²) in [5, 5.41) is 7.35. The molecule has 220 valence electrons. The standard InChI is InChI=1S/C27H27ClF6N6O/c1-17-23(24(28)40(36-17)21-5-3-2-4-6-21)16-37-7-9-38(10-8-37)22-14-39(15-22)25(41)35-20-12-18(26(29,30)31)11-19(13-20)27(32,33)34/h2-6,11-13,22H,7-10,14-16H2,1H3,(H,35,41). The van der Waals surface area contributed by atoms with Crippen LogP contribution in [-0.4, -0.2) is 75.8 Å². The number of carbonyl (C=O) groups is 1. The van der Waals surface area contributed by atoms with Crippen molar-refractivity contribution in [1.29, 1.82) is 0 Å². The molecule has 0 bridgehead atoms. The highest BCUT2D eigenvalue weighted by Gasteiger charge is 2.39. The first-order valence-corrected chi connectivity index (χ1v) is 13.3. The summed E-state index contributed by atoms with van der Waals surface area (Å²) in [6.45, 7) is 6.23. The van der Waals surface area contributed by atoms with Crippen LogP contribution in [-0.2, 0) is 18.9 Å². The quantitative estimate of drug-likeness (QED) is 0.370. The van der Waals surface area contributed by atoms with E-state index in [1.54, 1.807) is 4.68 Å². The molecule has 0 saturated carbocycles. The summed E-state index contributed by atoms with van der Waals surface area (Å²) < 4.78 is 80.4. The van der Waals surface area contributed by atoms with E-state index in [1.165, 1.54) is 4.90 Å². The number of urea groups is 1. The normalized spacial score (nSPS) is 17.5. The molecule has 1 aromatic heterocycles. The van der Waals surface area contributed by atoms with Crippen molar-refractivity contribution in [3.63, 3.8) is 0 Å². The second-order valence-electron chi connectivity index (χ2n) is 10.2. The molecule has 2 fully saturated rings. The molecule has 3 aromatic rings. The van der Waals surface area contributed by atoms with E-state index < -0.39 is 35.2 Å². The minimum absolute atomic E-state index is 0.0273. The zero-order chi connectivity index (χ0) is 29.5. The smallest absolute Gasteiger partial charge is 0.321 e. The molecular formula is C27H27ClF6N6O. The molecule has 2 aliphatic rings. The molecule has 2 aliphatic heterocycles. The van der Waals surface area contributed by atoms with Crippen LogP contribution in [0, 0.1) is 6.92 Å². The van der Waals surface area contributed by atoms with Crippen molar-refractivity contribution in [2.45, 2.75) is 31.9 Å². The molecule has 2 amide bonds. The SMILES string of the molecule is Cc1nn(-c2ccccc2)c(Cl)c1CN1CCN(C2CN(C(=O)Nc3cc(C(F)(F)F)cc(C(F)(F)F)c3)C2)CC1. The minimum Gasteiger partial charge on any atom is -0.321 e. The Morgan fingerprint density at radius 2 is 1.54 bits per heavy atom. The van der Waals surface area contributed by atoms with Crippen LogP contribution in [0.1, 0.15) is 22.4 Å². The number of hydrogen-bond donors (Lipinski definition) is 1. The third-order valence-electron chi connectivity index (χ3n) is 7.42. The predicted molar refractivity (Wildman–Crippen MR) is 141 cm³/mol. The van der Waals surface area contributed by atoms with Crippen LogP contribution in [0.4, 0.5) is 36.8 Å². The van der Waals surface area contributed by atoms with E-state index >= 15 is 0 Å². The van der Waals surface area contributed by atoms with Gasteiger partial charge in [0.25, 0.3) is 0 Å². The fraction of sp³-hybridized carbons (Fsp3) is 0.407.